The molecule has 3 rings (SSSR count). The van der Waals surface area contributed by atoms with E-state index in [4.69, 9.17) is 0 Å². The molecule has 0 amide bonds. The van der Waals surface area contributed by atoms with Crippen molar-refractivity contribution < 1.29 is 0 Å². The van der Waals surface area contributed by atoms with Gasteiger partial charge in [0.05, 0.1) is 16.6 Å². The summed E-state index contributed by atoms with van der Waals surface area (Å²) in [6, 6.07) is 10.6. The zero-order chi connectivity index (χ0) is 11.1. The molecule has 2 heteroatoms. The lowest BCUT2D eigenvalue weighted by atomic mass is 10.1. The van der Waals surface area contributed by atoms with E-state index in [1.54, 1.807) is 0 Å². The van der Waals surface area contributed by atoms with E-state index in [1.807, 2.05) is 12.3 Å². The highest BCUT2D eigenvalue weighted by molar-refractivity contribution is 6.06. The Labute approximate surface area is 94.5 Å². The van der Waals surface area contributed by atoms with Crippen LogP contribution in [0.5, 0.6) is 0 Å². The maximum atomic E-state index is 4.48. The van der Waals surface area contributed by atoms with Crippen LogP contribution in [0.2, 0.25) is 0 Å². The molecule has 3 aromatic rings. The fourth-order valence-corrected chi connectivity index (χ4v) is 2.46. The van der Waals surface area contributed by atoms with Crippen LogP contribution in [0.15, 0.2) is 36.5 Å². The predicted molar refractivity (Wildman–Crippen MR) is 67.6 cm³/mol. The summed E-state index contributed by atoms with van der Waals surface area (Å²) >= 11 is 0. The van der Waals surface area contributed by atoms with Crippen LogP contribution in [0.3, 0.4) is 0 Å². The highest BCUT2D eigenvalue weighted by Crippen LogP contribution is 2.28. The van der Waals surface area contributed by atoms with Crippen LogP contribution < -0.4 is 0 Å². The van der Waals surface area contributed by atoms with Gasteiger partial charge in [-0.25, -0.2) is 0 Å². The number of pyridine rings is 1. The Kier molecular flexibility index (Phi) is 1.96. The number of aromatic nitrogens is 2. The monoisotopic (exact) mass is 210 g/mol. The first-order valence-electron chi connectivity index (χ1n) is 5.64. The van der Waals surface area contributed by atoms with E-state index in [-0.39, 0.29) is 0 Å². The molecule has 0 bridgehead atoms. The number of benzene rings is 1. The van der Waals surface area contributed by atoms with Crippen molar-refractivity contribution >= 4 is 21.9 Å². The number of para-hydroxylation sites is 1. The third-order valence-electron chi connectivity index (χ3n) is 3.24. The average molecular weight is 210 g/mol. The minimum absolute atomic E-state index is 1.06. The third kappa shape index (κ3) is 1.10. The van der Waals surface area contributed by atoms with E-state index in [9.17, 15) is 0 Å². The number of hydrogen-bond donors (Lipinski definition) is 0. The summed E-state index contributed by atoms with van der Waals surface area (Å²) in [5.41, 5.74) is 5.02. The lowest BCUT2D eigenvalue weighted by Crippen LogP contribution is -1.91. The van der Waals surface area contributed by atoms with E-state index in [1.165, 1.54) is 22.0 Å². The smallest absolute Gasteiger partial charge is 0.0959 e. The first-order chi connectivity index (χ1) is 7.83. The standard InChI is InChI=1S/C14H14N2/c1-3-10-6-4-7-11-13-12(8-5-9-15-13)16(2)14(10)11/h4-9H,3H2,1-2H3. The summed E-state index contributed by atoms with van der Waals surface area (Å²) in [5.74, 6) is 0. The molecule has 2 nitrogen and oxygen atoms in total. The normalized spacial score (nSPS) is 11.4. The first kappa shape index (κ1) is 9.40. The Balaban J connectivity index is 2.61. The zero-order valence-corrected chi connectivity index (χ0v) is 9.57. The summed E-state index contributed by atoms with van der Waals surface area (Å²) < 4.78 is 2.25. The van der Waals surface area contributed by atoms with Crippen molar-refractivity contribution in [2.24, 2.45) is 7.05 Å². The molecule has 0 unspecified atom stereocenters. The number of aryl methyl sites for hydroxylation is 2. The molecule has 0 atom stereocenters. The van der Waals surface area contributed by atoms with Crippen LogP contribution >= 0.6 is 0 Å². The van der Waals surface area contributed by atoms with Crippen LogP contribution in [-0.4, -0.2) is 9.55 Å². The van der Waals surface area contributed by atoms with Crippen molar-refractivity contribution in [1.29, 1.82) is 0 Å². The van der Waals surface area contributed by atoms with E-state index >= 15 is 0 Å². The number of fused-ring (bicyclic) bond motifs is 3. The fraction of sp³-hybridized carbons (Fsp3) is 0.214. The molecule has 0 fully saturated rings. The summed E-state index contributed by atoms with van der Waals surface area (Å²) in [6.07, 6.45) is 2.92. The lowest BCUT2D eigenvalue weighted by Gasteiger charge is -2.02. The fourth-order valence-electron chi connectivity index (χ4n) is 2.46. The van der Waals surface area contributed by atoms with Gasteiger partial charge in [0.15, 0.2) is 0 Å². The molecule has 0 aliphatic carbocycles. The maximum absolute atomic E-state index is 4.48. The van der Waals surface area contributed by atoms with Crippen molar-refractivity contribution in [3.8, 4) is 0 Å². The van der Waals surface area contributed by atoms with Crippen molar-refractivity contribution in [2.45, 2.75) is 13.3 Å². The van der Waals surface area contributed by atoms with Gasteiger partial charge in [-0.05, 0) is 24.1 Å². The number of rotatable bonds is 1. The summed E-state index contributed by atoms with van der Waals surface area (Å²) in [4.78, 5) is 4.48. The van der Waals surface area contributed by atoms with Gasteiger partial charge in [0.2, 0.25) is 0 Å². The minimum atomic E-state index is 1.06. The van der Waals surface area contributed by atoms with Crippen LogP contribution in [-0.2, 0) is 13.5 Å². The van der Waals surface area contributed by atoms with Crippen molar-refractivity contribution in [1.82, 2.24) is 9.55 Å². The Hall–Kier alpha value is -1.83. The molecule has 0 saturated heterocycles. The van der Waals surface area contributed by atoms with Gasteiger partial charge in [0.1, 0.15) is 0 Å². The minimum Gasteiger partial charge on any atom is -0.342 e. The summed E-state index contributed by atoms with van der Waals surface area (Å²) in [6.45, 7) is 2.19. The van der Waals surface area contributed by atoms with Gasteiger partial charge in [-0.1, -0.05) is 25.1 Å². The molecule has 0 saturated carbocycles. The number of nitrogens with zero attached hydrogens (tertiary/aromatic N) is 2. The number of hydrogen-bond acceptors (Lipinski definition) is 1. The van der Waals surface area contributed by atoms with Crippen LogP contribution in [0.4, 0.5) is 0 Å². The maximum Gasteiger partial charge on any atom is 0.0959 e. The molecule has 2 aromatic heterocycles. The average Bonchev–Trinajstić information content (AvgIpc) is 2.64. The summed E-state index contributed by atoms with van der Waals surface area (Å²) in [5, 5.41) is 1.26. The Morgan fingerprint density at radius 1 is 1.19 bits per heavy atom. The SMILES string of the molecule is CCc1cccc2c3ncccc3n(C)c12. The quantitative estimate of drug-likeness (QED) is 0.602. The van der Waals surface area contributed by atoms with Gasteiger partial charge in [0.25, 0.3) is 0 Å². The van der Waals surface area contributed by atoms with Gasteiger partial charge in [0, 0.05) is 18.6 Å². The first-order valence-corrected chi connectivity index (χ1v) is 5.64. The van der Waals surface area contributed by atoms with Gasteiger partial charge in [-0.15, -0.1) is 0 Å². The lowest BCUT2D eigenvalue weighted by molar-refractivity contribution is 0.993. The largest absolute Gasteiger partial charge is 0.342 e. The van der Waals surface area contributed by atoms with Gasteiger partial charge < -0.3 is 4.57 Å². The molecular weight excluding hydrogens is 196 g/mol. The van der Waals surface area contributed by atoms with Crippen molar-refractivity contribution in [2.75, 3.05) is 0 Å². The van der Waals surface area contributed by atoms with Crippen LogP contribution in [0.25, 0.3) is 21.9 Å². The molecule has 0 radical (unpaired) electrons. The molecule has 0 spiro atoms. The summed E-state index contributed by atoms with van der Waals surface area (Å²) in [7, 11) is 2.12. The van der Waals surface area contributed by atoms with E-state index in [0.29, 0.717) is 0 Å². The molecule has 1 aromatic carbocycles. The highest BCUT2D eigenvalue weighted by Gasteiger charge is 2.10. The van der Waals surface area contributed by atoms with E-state index in [0.717, 1.165) is 11.9 Å². The predicted octanol–water partition coefficient (Wildman–Crippen LogP) is 3.29. The molecule has 16 heavy (non-hydrogen) atoms. The highest BCUT2D eigenvalue weighted by atomic mass is 15.0. The molecule has 80 valence electrons. The topological polar surface area (TPSA) is 17.8 Å². The second kappa shape index (κ2) is 3.34. The van der Waals surface area contributed by atoms with Gasteiger partial charge in [-0.3, -0.25) is 4.98 Å². The molecule has 0 aliphatic heterocycles. The molecule has 0 aliphatic rings. The second-order valence-corrected chi connectivity index (χ2v) is 4.10. The second-order valence-electron chi connectivity index (χ2n) is 4.10. The third-order valence-corrected chi connectivity index (χ3v) is 3.24. The van der Waals surface area contributed by atoms with E-state index < -0.39 is 0 Å². The van der Waals surface area contributed by atoms with Crippen molar-refractivity contribution in [3.05, 3.63) is 42.1 Å². The molecule has 2 heterocycles. The Bertz CT molecular complexity index is 665. The molecule has 0 N–H and O–H groups in total. The van der Waals surface area contributed by atoms with Gasteiger partial charge >= 0.3 is 0 Å². The van der Waals surface area contributed by atoms with E-state index in [2.05, 4.69) is 47.8 Å². The van der Waals surface area contributed by atoms with Gasteiger partial charge in [-0.2, -0.15) is 0 Å². The van der Waals surface area contributed by atoms with Crippen LogP contribution in [0, 0.1) is 0 Å². The van der Waals surface area contributed by atoms with Crippen LogP contribution in [0.1, 0.15) is 12.5 Å². The van der Waals surface area contributed by atoms with Crippen molar-refractivity contribution in [3.63, 3.8) is 0 Å². The molecular formula is C14H14N2. The Morgan fingerprint density at radius 2 is 2.06 bits per heavy atom. The zero-order valence-electron chi connectivity index (χ0n) is 9.57. The Morgan fingerprint density at radius 3 is 2.88 bits per heavy atom.